The van der Waals surface area contributed by atoms with E-state index in [0.29, 0.717) is 16.8 Å². The van der Waals surface area contributed by atoms with Crippen molar-refractivity contribution < 1.29 is 23.9 Å². The van der Waals surface area contributed by atoms with Crippen molar-refractivity contribution in [3.63, 3.8) is 0 Å². The Bertz CT molecular complexity index is 1080. The molecule has 1 fully saturated rings. The zero-order chi connectivity index (χ0) is 22.7. The number of carbonyl (C=O) groups excluding carboxylic acids is 4. The third-order valence-electron chi connectivity index (χ3n) is 4.75. The maximum atomic E-state index is 12.7. The molecule has 1 saturated heterocycles. The third kappa shape index (κ3) is 5.03. The van der Waals surface area contributed by atoms with Gasteiger partial charge in [-0.05, 0) is 67.4 Å². The molecular formula is C23H22N2O5S. The number of nitrogens with one attached hydrogen (secondary N) is 1. The molecule has 0 aromatic heterocycles. The average molecular weight is 439 g/mol. The number of carbonyl (C=O) groups is 4. The normalized spacial score (nSPS) is 14.8. The Morgan fingerprint density at radius 2 is 1.68 bits per heavy atom. The van der Waals surface area contributed by atoms with E-state index in [1.807, 2.05) is 32.9 Å². The maximum Gasteiger partial charge on any atom is 0.337 e. The lowest BCUT2D eigenvalue weighted by atomic mass is 10.1. The fraction of sp³-hybridized carbons (Fsp3) is 0.217. The SMILES string of the molecule is COC(=O)c1ccc(/C=C2/SC(=O)N(CC(=O)Nc3c(C)cc(C)cc3C)C2=O)cc1. The van der Waals surface area contributed by atoms with E-state index in [0.717, 1.165) is 33.4 Å². The van der Waals surface area contributed by atoms with Crippen LogP contribution in [0.3, 0.4) is 0 Å². The summed E-state index contributed by atoms with van der Waals surface area (Å²) in [5.74, 6) is -1.43. The van der Waals surface area contributed by atoms with Gasteiger partial charge in [0.25, 0.3) is 11.1 Å². The fourth-order valence-electron chi connectivity index (χ4n) is 3.32. The molecule has 160 valence electrons. The molecule has 31 heavy (non-hydrogen) atoms. The molecule has 1 heterocycles. The predicted octanol–water partition coefficient (Wildman–Crippen LogP) is 4.07. The summed E-state index contributed by atoms with van der Waals surface area (Å²) in [6.07, 6.45) is 1.55. The largest absolute Gasteiger partial charge is 0.465 e. The number of methoxy groups -OCH3 is 1. The van der Waals surface area contributed by atoms with Crippen molar-refractivity contribution in [3.8, 4) is 0 Å². The second-order valence-electron chi connectivity index (χ2n) is 7.20. The van der Waals surface area contributed by atoms with Crippen molar-refractivity contribution in [2.45, 2.75) is 20.8 Å². The Hall–Kier alpha value is -3.39. The summed E-state index contributed by atoms with van der Waals surface area (Å²) in [7, 11) is 1.30. The quantitative estimate of drug-likeness (QED) is 0.559. The van der Waals surface area contributed by atoms with E-state index in [1.54, 1.807) is 30.3 Å². The highest BCUT2D eigenvalue weighted by molar-refractivity contribution is 8.18. The molecule has 1 N–H and O–H groups in total. The third-order valence-corrected chi connectivity index (χ3v) is 5.65. The summed E-state index contributed by atoms with van der Waals surface area (Å²) in [5, 5.41) is 2.30. The van der Waals surface area contributed by atoms with Gasteiger partial charge in [-0.1, -0.05) is 29.8 Å². The molecule has 1 aliphatic heterocycles. The molecule has 0 bridgehead atoms. The van der Waals surface area contributed by atoms with Crippen molar-refractivity contribution in [1.82, 2.24) is 4.90 Å². The standard InChI is InChI=1S/C23H22N2O5S/c1-13-9-14(2)20(15(3)10-13)24-19(26)12-25-21(27)18(31-23(25)29)11-16-5-7-17(8-6-16)22(28)30-4/h5-11H,12H2,1-4H3,(H,24,26)/b18-11+. The van der Waals surface area contributed by atoms with Crippen LogP contribution in [0.15, 0.2) is 41.3 Å². The molecule has 7 nitrogen and oxygen atoms in total. The van der Waals surface area contributed by atoms with E-state index < -0.39 is 23.0 Å². The molecule has 0 aliphatic carbocycles. The van der Waals surface area contributed by atoms with Crippen LogP contribution in [-0.4, -0.2) is 41.6 Å². The highest BCUT2D eigenvalue weighted by Gasteiger charge is 2.36. The summed E-state index contributed by atoms with van der Waals surface area (Å²) in [6.45, 7) is 5.39. The van der Waals surface area contributed by atoms with E-state index >= 15 is 0 Å². The van der Waals surface area contributed by atoms with Crippen LogP contribution in [0.5, 0.6) is 0 Å². The number of aryl methyl sites for hydroxylation is 3. The van der Waals surface area contributed by atoms with Crippen LogP contribution in [0.4, 0.5) is 10.5 Å². The Labute approximate surface area is 184 Å². The zero-order valence-corrected chi connectivity index (χ0v) is 18.5. The fourth-order valence-corrected chi connectivity index (χ4v) is 4.16. The molecule has 0 unspecified atom stereocenters. The van der Waals surface area contributed by atoms with Crippen LogP contribution in [-0.2, 0) is 14.3 Å². The van der Waals surface area contributed by atoms with Gasteiger partial charge in [0.1, 0.15) is 6.54 Å². The molecule has 2 aromatic carbocycles. The Morgan fingerprint density at radius 3 is 2.26 bits per heavy atom. The van der Waals surface area contributed by atoms with Crippen LogP contribution in [0, 0.1) is 20.8 Å². The number of imide groups is 1. The van der Waals surface area contributed by atoms with E-state index in [-0.39, 0.29) is 11.4 Å². The molecule has 3 rings (SSSR count). The summed E-state index contributed by atoms with van der Waals surface area (Å²) in [5.41, 5.74) is 4.62. The van der Waals surface area contributed by atoms with E-state index in [2.05, 4.69) is 10.1 Å². The van der Waals surface area contributed by atoms with Gasteiger partial charge in [-0.3, -0.25) is 19.3 Å². The average Bonchev–Trinajstić information content (AvgIpc) is 2.98. The number of rotatable bonds is 5. The molecule has 1 aliphatic rings. The van der Waals surface area contributed by atoms with Crippen LogP contribution in [0.25, 0.3) is 6.08 Å². The van der Waals surface area contributed by atoms with Crippen molar-refractivity contribution >= 4 is 46.5 Å². The highest BCUT2D eigenvalue weighted by atomic mass is 32.2. The van der Waals surface area contributed by atoms with Crippen LogP contribution in [0.1, 0.15) is 32.6 Å². The van der Waals surface area contributed by atoms with Crippen LogP contribution < -0.4 is 5.32 Å². The molecule has 0 atom stereocenters. The molecule has 8 heteroatoms. The van der Waals surface area contributed by atoms with Crippen molar-refractivity contribution in [2.24, 2.45) is 0 Å². The lowest BCUT2D eigenvalue weighted by molar-refractivity contribution is -0.127. The zero-order valence-electron chi connectivity index (χ0n) is 17.6. The Kier molecular flexibility index (Phi) is 6.60. The smallest absolute Gasteiger partial charge is 0.337 e. The lowest BCUT2D eigenvalue weighted by Gasteiger charge is -2.15. The van der Waals surface area contributed by atoms with Gasteiger partial charge in [0.2, 0.25) is 5.91 Å². The molecule has 0 spiro atoms. The number of ether oxygens (including phenoxy) is 1. The minimum atomic E-state index is -0.528. The first kappa shape index (κ1) is 22.3. The number of esters is 1. The molecule has 2 aromatic rings. The van der Waals surface area contributed by atoms with Gasteiger partial charge in [-0.15, -0.1) is 0 Å². The predicted molar refractivity (Wildman–Crippen MR) is 120 cm³/mol. The van der Waals surface area contributed by atoms with Crippen molar-refractivity contribution in [2.75, 3.05) is 19.0 Å². The molecular weight excluding hydrogens is 416 g/mol. The Balaban J connectivity index is 1.71. The first-order valence-electron chi connectivity index (χ1n) is 9.51. The van der Waals surface area contributed by atoms with Gasteiger partial charge >= 0.3 is 5.97 Å². The summed E-state index contributed by atoms with van der Waals surface area (Å²) >= 11 is 0.775. The number of benzene rings is 2. The van der Waals surface area contributed by atoms with E-state index in [9.17, 15) is 19.2 Å². The highest BCUT2D eigenvalue weighted by Crippen LogP contribution is 2.32. The number of thioether (sulfide) groups is 1. The van der Waals surface area contributed by atoms with Crippen molar-refractivity contribution in [1.29, 1.82) is 0 Å². The van der Waals surface area contributed by atoms with Crippen LogP contribution >= 0.6 is 11.8 Å². The summed E-state index contributed by atoms with van der Waals surface area (Å²) < 4.78 is 4.65. The van der Waals surface area contributed by atoms with E-state index in [1.165, 1.54) is 7.11 Å². The topological polar surface area (TPSA) is 92.8 Å². The monoisotopic (exact) mass is 438 g/mol. The minimum absolute atomic E-state index is 0.214. The van der Waals surface area contributed by atoms with Gasteiger partial charge in [-0.2, -0.15) is 0 Å². The number of hydrogen-bond donors (Lipinski definition) is 1. The van der Waals surface area contributed by atoms with E-state index in [4.69, 9.17) is 0 Å². The van der Waals surface area contributed by atoms with Gasteiger partial charge < -0.3 is 10.1 Å². The van der Waals surface area contributed by atoms with Crippen LogP contribution in [0.2, 0.25) is 0 Å². The number of amides is 3. The van der Waals surface area contributed by atoms with Gasteiger partial charge in [0.05, 0.1) is 17.6 Å². The first-order valence-corrected chi connectivity index (χ1v) is 10.3. The number of anilines is 1. The molecule has 0 saturated carbocycles. The second-order valence-corrected chi connectivity index (χ2v) is 8.20. The van der Waals surface area contributed by atoms with Gasteiger partial charge in [-0.25, -0.2) is 4.79 Å². The van der Waals surface area contributed by atoms with Gasteiger partial charge in [0, 0.05) is 5.69 Å². The summed E-state index contributed by atoms with van der Waals surface area (Å²) in [4.78, 5) is 50.2. The van der Waals surface area contributed by atoms with Crippen molar-refractivity contribution in [3.05, 3.63) is 69.1 Å². The Morgan fingerprint density at radius 1 is 1.06 bits per heavy atom. The molecule has 3 amide bonds. The number of hydrogen-bond acceptors (Lipinski definition) is 6. The number of nitrogens with zero attached hydrogens (tertiary/aromatic N) is 1. The molecule has 0 radical (unpaired) electrons. The maximum absolute atomic E-state index is 12.7. The first-order chi connectivity index (χ1) is 14.7. The lowest BCUT2D eigenvalue weighted by Crippen LogP contribution is -2.36. The second kappa shape index (κ2) is 9.18. The minimum Gasteiger partial charge on any atom is -0.465 e. The summed E-state index contributed by atoms with van der Waals surface area (Å²) in [6, 6.07) is 10.4. The van der Waals surface area contributed by atoms with Gasteiger partial charge in [0.15, 0.2) is 0 Å².